The first kappa shape index (κ1) is 11.5. The summed E-state index contributed by atoms with van der Waals surface area (Å²) in [6.07, 6.45) is 3.57. The molecule has 0 aliphatic carbocycles. The number of rotatable bonds is 0. The molecule has 2 saturated heterocycles. The van der Waals surface area contributed by atoms with Crippen molar-refractivity contribution in [2.24, 2.45) is 0 Å². The minimum Gasteiger partial charge on any atom is -0.343 e. The summed E-state index contributed by atoms with van der Waals surface area (Å²) < 4.78 is 0. The third kappa shape index (κ3) is 2.27. The fraction of sp³-hybridized carbons (Fsp3) is 0.909. The van der Waals surface area contributed by atoms with Crippen molar-refractivity contribution in [2.75, 3.05) is 26.7 Å². The van der Waals surface area contributed by atoms with Crippen molar-refractivity contribution < 1.29 is 4.79 Å². The second-order valence-electron chi connectivity index (χ2n) is 3.81. The molecule has 1 atom stereocenters. The van der Waals surface area contributed by atoms with Gasteiger partial charge in [-0.25, -0.2) is 0 Å². The number of hydrogen-bond acceptors (Lipinski definition) is 2. The van der Waals surface area contributed by atoms with Crippen molar-refractivity contribution in [1.82, 2.24) is 9.80 Å². The molecule has 0 bridgehead atoms. The number of piperidine rings is 1. The fourth-order valence-corrected chi connectivity index (χ4v) is 2.18. The van der Waals surface area contributed by atoms with Crippen LogP contribution < -0.4 is 0 Å². The Labute approximate surface area is 87.1 Å². The maximum absolute atomic E-state index is 11.6. The van der Waals surface area contributed by atoms with Gasteiger partial charge in [-0.05, 0) is 19.4 Å². The second-order valence-corrected chi connectivity index (χ2v) is 3.81. The van der Waals surface area contributed by atoms with E-state index in [2.05, 4.69) is 4.90 Å². The minimum absolute atomic E-state index is 0.220. The predicted molar refractivity (Wildman–Crippen MR) is 58.2 cm³/mol. The van der Waals surface area contributed by atoms with E-state index < -0.39 is 0 Å². The molecule has 0 aromatic carbocycles. The van der Waals surface area contributed by atoms with Crippen LogP contribution in [0.4, 0.5) is 0 Å². The van der Waals surface area contributed by atoms with Crippen LogP contribution >= 0.6 is 0 Å². The summed E-state index contributed by atoms with van der Waals surface area (Å²) in [6, 6.07) is 0.220. The van der Waals surface area contributed by atoms with Gasteiger partial charge in [0, 0.05) is 20.1 Å². The van der Waals surface area contributed by atoms with Gasteiger partial charge < -0.3 is 4.90 Å². The number of carbonyl (C=O) groups is 1. The van der Waals surface area contributed by atoms with Gasteiger partial charge in [0.15, 0.2) is 0 Å². The summed E-state index contributed by atoms with van der Waals surface area (Å²) in [6.45, 7) is 7.12. The van der Waals surface area contributed by atoms with Gasteiger partial charge >= 0.3 is 0 Å². The maximum atomic E-state index is 11.6. The number of piperazine rings is 1. The normalized spacial score (nSPS) is 27.8. The molecule has 2 aliphatic heterocycles. The summed E-state index contributed by atoms with van der Waals surface area (Å²) in [5.41, 5.74) is 0. The molecule has 2 rings (SSSR count). The van der Waals surface area contributed by atoms with Crippen LogP contribution in [0.2, 0.25) is 0 Å². The van der Waals surface area contributed by atoms with Crippen LogP contribution in [0.5, 0.6) is 0 Å². The zero-order chi connectivity index (χ0) is 10.6. The lowest BCUT2D eigenvalue weighted by atomic mass is 9.99. The van der Waals surface area contributed by atoms with Crippen LogP contribution in [-0.4, -0.2) is 48.4 Å². The van der Waals surface area contributed by atoms with Crippen molar-refractivity contribution in [1.29, 1.82) is 0 Å². The molecule has 0 radical (unpaired) electrons. The van der Waals surface area contributed by atoms with Gasteiger partial charge in [0.25, 0.3) is 0 Å². The Balaban J connectivity index is 0.000000461. The molecule has 1 unspecified atom stereocenters. The zero-order valence-electron chi connectivity index (χ0n) is 9.62. The van der Waals surface area contributed by atoms with Gasteiger partial charge in [0.1, 0.15) is 0 Å². The van der Waals surface area contributed by atoms with Crippen LogP contribution in [0.3, 0.4) is 0 Å². The average Bonchev–Trinajstić information content (AvgIpc) is 2.27. The molecule has 0 saturated carbocycles. The standard InChI is InChI=1S/C9H16N2O.C2H6/c1-10-6-7-11-5-3-2-4-8(11)9(10)12;1-2/h8H,2-7H2,1H3;1-2H3. The lowest BCUT2D eigenvalue weighted by Crippen LogP contribution is -2.57. The quantitative estimate of drug-likeness (QED) is 0.586. The molecule has 0 aromatic heterocycles. The highest BCUT2D eigenvalue weighted by atomic mass is 16.2. The largest absolute Gasteiger partial charge is 0.343 e. The van der Waals surface area contributed by atoms with Gasteiger partial charge in [-0.2, -0.15) is 0 Å². The SMILES string of the molecule is CC.CN1CCN2CCCCC2C1=O. The van der Waals surface area contributed by atoms with Crippen molar-refractivity contribution in [3.63, 3.8) is 0 Å². The van der Waals surface area contributed by atoms with Crippen molar-refractivity contribution in [3.8, 4) is 0 Å². The van der Waals surface area contributed by atoms with Gasteiger partial charge in [-0.3, -0.25) is 9.69 Å². The highest BCUT2D eigenvalue weighted by molar-refractivity contribution is 5.82. The van der Waals surface area contributed by atoms with Crippen LogP contribution in [-0.2, 0) is 4.79 Å². The van der Waals surface area contributed by atoms with E-state index in [9.17, 15) is 4.79 Å². The Morgan fingerprint density at radius 1 is 1.14 bits per heavy atom. The van der Waals surface area contributed by atoms with Gasteiger partial charge in [-0.1, -0.05) is 20.3 Å². The minimum atomic E-state index is 0.220. The first-order chi connectivity index (χ1) is 6.79. The van der Waals surface area contributed by atoms with Gasteiger partial charge in [0.05, 0.1) is 6.04 Å². The Hall–Kier alpha value is -0.570. The third-order valence-electron chi connectivity index (χ3n) is 3.00. The van der Waals surface area contributed by atoms with Crippen LogP contribution in [0.15, 0.2) is 0 Å². The molecule has 3 heteroatoms. The van der Waals surface area contributed by atoms with Gasteiger partial charge in [0.2, 0.25) is 5.91 Å². The zero-order valence-corrected chi connectivity index (χ0v) is 9.62. The number of likely N-dealkylation sites (N-methyl/N-ethyl adjacent to an activating group) is 1. The smallest absolute Gasteiger partial charge is 0.239 e. The Kier molecular flexibility index (Phi) is 4.39. The summed E-state index contributed by atoms with van der Waals surface area (Å²) >= 11 is 0. The van der Waals surface area contributed by atoms with E-state index in [0.717, 1.165) is 26.1 Å². The Morgan fingerprint density at radius 3 is 2.57 bits per heavy atom. The summed E-state index contributed by atoms with van der Waals surface area (Å²) in [7, 11) is 1.91. The molecule has 3 nitrogen and oxygen atoms in total. The van der Waals surface area contributed by atoms with Crippen LogP contribution in [0.1, 0.15) is 33.1 Å². The average molecular weight is 198 g/mol. The molecule has 2 fully saturated rings. The van der Waals surface area contributed by atoms with E-state index in [0.29, 0.717) is 5.91 Å². The molecule has 0 spiro atoms. The molecular formula is C11H22N2O. The van der Waals surface area contributed by atoms with Gasteiger partial charge in [-0.15, -0.1) is 0 Å². The Morgan fingerprint density at radius 2 is 1.86 bits per heavy atom. The number of nitrogens with zero attached hydrogens (tertiary/aromatic N) is 2. The van der Waals surface area contributed by atoms with Crippen molar-refractivity contribution in [2.45, 2.75) is 39.2 Å². The lowest BCUT2D eigenvalue weighted by Gasteiger charge is -2.41. The molecule has 82 valence electrons. The summed E-state index contributed by atoms with van der Waals surface area (Å²) in [4.78, 5) is 15.9. The van der Waals surface area contributed by atoms with E-state index in [4.69, 9.17) is 0 Å². The molecule has 2 aliphatic rings. The van der Waals surface area contributed by atoms with E-state index in [1.54, 1.807) is 0 Å². The number of carbonyl (C=O) groups excluding carboxylic acids is 1. The summed E-state index contributed by atoms with van der Waals surface area (Å²) in [5.74, 6) is 0.334. The van der Waals surface area contributed by atoms with Crippen molar-refractivity contribution in [3.05, 3.63) is 0 Å². The molecule has 0 N–H and O–H groups in total. The lowest BCUT2D eigenvalue weighted by molar-refractivity contribution is -0.141. The van der Waals surface area contributed by atoms with Crippen molar-refractivity contribution >= 4 is 5.91 Å². The predicted octanol–water partition coefficient (Wildman–Crippen LogP) is 1.34. The topological polar surface area (TPSA) is 23.6 Å². The van der Waals surface area contributed by atoms with E-state index in [-0.39, 0.29) is 6.04 Å². The summed E-state index contributed by atoms with van der Waals surface area (Å²) in [5, 5.41) is 0. The molecular weight excluding hydrogens is 176 g/mol. The van der Waals surface area contributed by atoms with E-state index in [1.165, 1.54) is 12.8 Å². The molecule has 2 heterocycles. The number of fused-ring (bicyclic) bond motifs is 1. The van der Waals surface area contributed by atoms with E-state index in [1.807, 2.05) is 25.8 Å². The molecule has 0 aromatic rings. The molecule has 1 amide bonds. The second kappa shape index (κ2) is 5.35. The molecule has 14 heavy (non-hydrogen) atoms. The maximum Gasteiger partial charge on any atom is 0.239 e. The highest BCUT2D eigenvalue weighted by Crippen LogP contribution is 2.21. The first-order valence-electron chi connectivity index (χ1n) is 5.78. The van der Waals surface area contributed by atoms with E-state index >= 15 is 0 Å². The van der Waals surface area contributed by atoms with Crippen LogP contribution in [0.25, 0.3) is 0 Å². The van der Waals surface area contributed by atoms with Crippen LogP contribution in [0, 0.1) is 0 Å². The Bertz CT molecular complexity index is 194. The monoisotopic (exact) mass is 198 g/mol. The number of amides is 1. The first-order valence-corrected chi connectivity index (χ1v) is 5.78. The third-order valence-corrected chi connectivity index (χ3v) is 3.00. The fourth-order valence-electron chi connectivity index (χ4n) is 2.18. The number of hydrogen-bond donors (Lipinski definition) is 0. The highest BCUT2D eigenvalue weighted by Gasteiger charge is 2.33.